The summed E-state index contributed by atoms with van der Waals surface area (Å²) in [4.78, 5) is 2.97. The minimum Gasteiger partial charge on any atom is -0.0796 e. The first-order chi connectivity index (χ1) is 3.85. The van der Waals surface area contributed by atoms with Gasteiger partial charge in [0, 0.05) is 12.2 Å². The van der Waals surface area contributed by atoms with E-state index in [2.05, 4.69) is 4.98 Å². The second kappa shape index (κ2) is 4.07. The third kappa shape index (κ3) is 2.14. The third-order valence-corrected chi connectivity index (χ3v) is 0.749. The van der Waals surface area contributed by atoms with Gasteiger partial charge < -0.3 is 0 Å². The van der Waals surface area contributed by atoms with Gasteiger partial charge in [0.1, 0.15) is 0 Å². The number of diazo groups is 1. The normalized spacial score (nSPS) is 11.9. The molecule has 0 heterocycles. The molecule has 0 bridgehead atoms. The molecule has 0 aliphatic heterocycles. The molecular weight excluding hydrogens is 100 g/mol. The lowest BCUT2D eigenvalue weighted by atomic mass is 10.4. The first kappa shape index (κ1) is 6.90. The van der Waals surface area contributed by atoms with Crippen molar-refractivity contribution in [1.82, 2.24) is 0 Å². The molecule has 0 amide bonds. The van der Waals surface area contributed by atoms with Gasteiger partial charge in [-0.05, 0) is 13.8 Å². The van der Waals surface area contributed by atoms with Crippen molar-refractivity contribution in [2.75, 3.05) is 0 Å². The Morgan fingerprint density at radius 3 is 2.25 bits per heavy atom. The Morgan fingerprint density at radius 2 is 2.12 bits per heavy atom. The van der Waals surface area contributed by atoms with Crippen LogP contribution in [0.5, 0.6) is 0 Å². The average molecular weight is 109 g/mol. The van der Waals surface area contributed by atoms with E-state index in [0.717, 1.165) is 0 Å². The zero-order valence-corrected chi connectivity index (χ0v) is 5.13. The molecule has 0 rings (SSSR count). The summed E-state index contributed by atoms with van der Waals surface area (Å²) in [6, 6.07) is 0. The van der Waals surface area contributed by atoms with E-state index in [4.69, 9.17) is 5.39 Å². The van der Waals surface area contributed by atoms with Crippen molar-refractivity contribution in [2.24, 2.45) is 0 Å². The van der Waals surface area contributed by atoms with Crippen LogP contribution in [0.2, 0.25) is 0 Å². The van der Waals surface area contributed by atoms with Gasteiger partial charge in [-0.2, -0.15) is 0 Å². The number of nitrogens with zero attached hydrogens (tertiary/aromatic N) is 2. The molecule has 0 spiro atoms. The second-order valence-corrected chi connectivity index (χ2v) is 1.31. The molecule has 0 saturated carbocycles. The summed E-state index contributed by atoms with van der Waals surface area (Å²) in [6.45, 7) is 3.68. The quantitative estimate of drug-likeness (QED) is 0.375. The van der Waals surface area contributed by atoms with Gasteiger partial charge in [0.2, 0.25) is 5.39 Å². The molecule has 0 aliphatic carbocycles. The fraction of sp³-hybridized carbons (Fsp3) is 0.333. The van der Waals surface area contributed by atoms with Crippen molar-refractivity contribution in [1.29, 1.82) is 5.39 Å². The van der Waals surface area contributed by atoms with E-state index in [0.29, 0.717) is 5.70 Å². The summed E-state index contributed by atoms with van der Waals surface area (Å²) in [7, 11) is 0. The van der Waals surface area contributed by atoms with Crippen LogP contribution in [-0.4, -0.2) is 0 Å². The number of allylic oxidation sites excluding steroid dienone is 3. The Kier molecular flexibility index (Phi) is 3.51. The minimum absolute atomic E-state index is 0.590. The lowest BCUT2D eigenvalue weighted by Crippen LogP contribution is -1.60. The summed E-state index contributed by atoms with van der Waals surface area (Å²) in [6.07, 6.45) is 5.26. The van der Waals surface area contributed by atoms with Crippen LogP contribution in [0.3, 0.4) is 0 Å². The highest BCUT2D eigenvalue weighted by molar-refractivity contribution is 5.22. The Bertz CT molecular complexity index is 148. The van der Waals surface area contributed by atoms with Gasteiger partial charge in [0.25, 0.3) is 0 Å². The van der Waals surface area contributed by atoms with E-state index < -0.39 is 0 Å². The molecular formula is C6H9N2+. The molecule has 0 aromatic heterocycles. The Labute approximate surface area is 49.1 Å². The van der Waals surface area contributed by atoms with Gasteiger partial charge in [-0.15, -0.1) is 0 Å². The first-order valence-corrected chi connectivity index (χ1v) is 2.49. The Morgan fingerprint density at radius 1 is 1.50 bits per heavy atom. The van der Waals surface area contributed by atoms with Gasteiger partial charge in [0.15, 0.2) is 4.98 Å². The molecule has 0 radical (unpaired) electrons. The van der Waals surface area contributed by atoms with Gasteiger partial charge >= 0.3 is 5.70 Å². The molecule has 0 N–H and O–H groups in total. The van der Waals surface area contributed by atoms with Crippen LogP contribution in [0.25, 0.3) is 4.98 Å². The highest BCUT2D eigenvalue weighted by Crippen LogP contribution is 1.95. The monoisotopic (exact) mass is 109 g/mol. The summed E-state index contributed by atoms with van der Waals surface area (Å²) < 4.78 is 0. The van der Waals surface area contributed by atoms with Crippen molar-refractivity contribution in [2.45, 2.75) is 13.8 Å². The maximum Gasteiger partial charge on any atom is 0.380 e. The van der Waals surface area contributed by atoms with E-state index in [1.165, 1.54) is 0 Å². The zero-order valence-electron chi connectivity index (χ0n) is 5.13. The van der Waals surface area contributed by atoms with E-state index >= 15 is 0 Å². The van der Waals surface area contributed by atoms with Crippen LogP contribution in [0, 0.1) is 5.39 Å². The Balaban J connectivity index is 3.98. The van der Waals surface area contributed by atoms with Crippen molar-refractivity contribution in [3.8, 4) is 0 Å². The summed E-state index contributed by atoms with van der Waals surface area (Å²) in [5.74, 6) is 0. The first-order valence-electron chi connectivity index (χ1n) is 2.49. The van der Waals surface area contributed by atoms with E-state index in [9.17, 15) is 0 Å². The number of hydrogen-bond acceptors (Lipinski definition) is 1. The number of hydrogen-bond donors (Lipinski definition) is 0. The van der Waals surface area contributed by atoms with E-state index in [1.807, 2.05) is 19.9 Å². The van der Waals surface area contributed by atoms with Crippen molar-refractivity contribution in [3.05, 3.63) is 28.9 Å². The maximum absolute atomic E-state index is 8.16. The molecule has 0 aromatic carbocycles. The lowest BCUT2D eigenvalue weighted by Gasteiger charge is -1.63. The largest absolute Gasteiger partial charge is 0.380 e. The highest BCUT2D eigenvalue weighted by Gasteiger charge is 1.97. The van der Waals surface area contributed by atoms with Crippen molar-refractivity contribution in [3.63, 3.8) is 0 Å². The smallest absolute Gasteiger partial charge is 0.0796 e. The predicted octanol–water partition coefficient (Wildman–Crippen LogP) is 2.32. The van der Waals surface area contributed by atoms with Gasteiger partial charge in [-0.25, -0.2) is 0 Å². The maximum atomic E-state index is 8.16. The topological polar surface area (TPSA) is 28.1 Å². The molecule has 2 nitrogen and oxygen atoms in total. The molecule has 0 atom stereocenters. The van der Waals surface area contributed by atoms with E-state index in [-0.39, 0.29) is 0 Å². The summed E-state index contributed by atoms with van der Waals surface area (Å²) >= 11 is 0. The Hall–Kier alpha value is -1.10. The van der Waals surface area contributed by atoms with E-state index in [1.54, 1.807) is 12.2 Å². The molecule has 0 saturated heterocycles. The molecule has 2 heteroatoms. The third-order valence-electron chi connectivity index (χ3n) is 0.749. The number of rotatable bonds is 1. The summed E-state index contributed by atoms with van der Waals surface area (Å²) in [5, 5.41) is 8.16. The van der Waals surface area contributed by atoms with Crippen LogP contribution in [0.4, 0.5) is 0 Å². The second-order valence-electron chi connectivity index (χ2n) is 1.31. The molecule has 0 aliphatic rings. The van der Waals surface area contributed by atoms with Crippen molar-refractivity contribution >= 4 is 0 Å². The lowest BCUT2D eigenvalue weighted by molar-refractivity contribution is 1.41. The SMILES string of the molecule is CC=CC(=CC)[N+]#N. The predicted molar refractivity (Wildman–Crippen MR) is 33.7 cm³/mol. The molecule has 0 aromatic rings. The van der Waals surface area contributed by atoms with Crippen molar-refractivity contribution < 1.29 is 0 Å². The average Bonchev–Trinajstić information content (AvgIpc) is 1.83. The molecule has 0 unspecified atom stereocenters. The van der Waals surface area contributed by atoms with Crippen LogP contribution >= 0.6 is 0 Å². The summed E-state index contributed by atoms with van der Waals surface area (Å²) in [5.41, 5.74) is 0.590. The standard InChI is InChI=1S/C6H9N2/c1-3-5-6(4-2)8-7/h3-5H,1-2H3/q+1. The highest BCUT2D eigenvalue weighted by atomic mass is 14.8. The van der Waals surface area contributed by atoms with Gasteiger partial charge in [0.05, 0.1) is 0 Å². The zero-order chi connectivity index (χ0) is 6.41. The molecule has 0 fully saturated rings. The fourth-order valence-electron chi connectivity index (χ4n) is 0.358. The fourth-order valence-corrected chi connectivity index (χ4v) is 0.358. The minimum atomic E-state index is 0.590. The van der Waals surface area contributed by atoms with Crippen LogP contribution in [-0.2, 0) is 0 Å². The van der Waals surface area contributed by atoms with Crippen LogP contribution < -0.4 is 0 Å². The molecule has 8 heavy (non-hydrogen) atoms. The molecule has 42 valence electrons. The van der Waals surface area contributed by atoms with Gasteiger partial charge in [-0.1, -0.05) is 6.08 Å². The van der Waals surface area contributed by atoms with Crippen LogP contribution in [0.15, 0.2) is 23.9 Å². The van der Waals surface area contributed by atoms with Gasteiger partial charge in [-0.3, -0.25) is 0 Å². The van der Waals surface area contributed by atoms with Crippen LogP contribution in [0.1, 0.15) is 13.8 Å².